The van der Waals surface area contributed by atoms with Crippen LogP contribution in [0.3, 0.4) is 0 Å². The van der Waals surface area contributed by atoms with Crippen LogP contribution in [0, 0.1) is 5.82 Å². The van der Waals surface area contributed by atoms with E-state index in [0.717, 1.165) is 5.56 Å². The Kier molecular flexibility index (Phi) is 6.41. The van der Waals surface area contributed by atoms with Crippen LogP contribution in [0.4, 0.5) is 9.39 Å². The summed E-state index contributed by atoms with van der Waals surface area (Å²) in [5.41, 5.74) is 2.24. The molecule has 0 aliphatic carbocycles. The molecule has 7 heteroatoms. The lowest BCUT2D eigenvalue weighted by Gasteiger charge is -2.07. The number of carbonyl (C=O) groups excluding carboxylic acids is 2. The molecule has 0 saturated carbocycles. The summed E-state index contributed by atoms with van der Waals surface area (Å²) in [5.74, 6) is -0.675. The third kappa shape index (κ3) is 4.89. The molecule has 0 bridgehead atoms. The van der Waals surface area contributed by atoms with Gasteiger partial charge in [-0.15, -0.1) is 11.3 Å². The molecule has 0 aliphatic heterocycles. The second-order valence-electron chi connectivity index (χ2n) is 5.95. The van der Waals surface area contributed by atoms with E-state index in [1.807, 2.05) is 18.2 Å². The van der Waals surface area contributed by atoms with Gasteiger partial charge in [0.2, 0.25) is 5.91 Å². The zero-order chi connectivity index (χ0) is 20.8. The van der Waals surface area contributed by atoms with Crippen molar-refractivity contribution in [1.29, 1.82) is 0 Å². The standard InChI is InChI=1S/C22H18FNO4S/c1-27-17-5-3-4-14(12-17)6-11-19(25)24-21-20(22(26)28-2)18(13-29-21)15-7-9-16(23)10-8-15/h3-13H,1-2H3,(H,24,25)/b11-6+. The number of carbonyl (C=O) groups is 2. The molecule has 1 aromatic heterocycles. The number of hydrogen-bond acceptors (Lipinski definition) is 5. The molecule has 1 N–H and O–H groups in total. The number of nitrogens with one attached hydrogen (secondary N) is 1. The quantitative estimate of drug-likeness (QED) is 0.458. The van der Waals surface area contributed by atoms with Gasteiger partial charge in [0.15, 0.2) is 0 Å². The maximum atomic E-state index is 13.2. The van der Waals surface area contributed by atoms with Gasteiger partial charge in [0.1, 0.15) is 22.1 Å². The van der Waals surface area contributed by atoms with Crippen molar-refractivity contribution in [3.63, 3.8) is 0 Å². The Hall–Kier alpha value is -3.45. The highest BCUT2D eigenvalue weighted by molar-refractivity contribution is 7.15. The number of methoxy groups -OCH3 is 2. The lowest BCUT2D eigenvalue weighted by Crippen LogP contribution is -2.11. The molecule has 0 unspecified atom stereocenters. The van der Waals surface area contributed by atoms with Crippen molar-refractivity contribution >= 4 is 34.3 Å². The predicted molar refractivity (Wildman–Crippen MR) is 112 cm³/mol. The van der Waals surface area contributed by atoms with Crippen molar-refractivity contribution in [2.24, 2.45) is 0 Å². The van der Waals surface area contributed by atoms with Gasteiger partial charge in [0, 0.05) is 17.0 Å². The molecule has 3 aromatic rings. The van der Waals surface area contributed by atoms with Gasteiger partial charge in [-0.3, -0.25) is 4.79 Å². The van der Waals surface area contributed by atoms with E-state index in [4.69, 9.17) is 9.47 Å². The van der Waals surface area contributed by atoms with E-state index in [0.29, 0.717) is 21.9 Å². The Labute approximate surface area is 171 Å². The van der Waals surface area contributed by atoms with Crippen LogP contribution in [0.5, 0.6) is 5.75 Å². The molecule has 3 rings (SSSR count). The highest BCUT2D eigenvalue weighted by atomic mass is 32.1. The van der Waals surface area contributed by atoms with E-state index in [-0.39, 0.29) is 11.4 Å². The lowest BCUT2D eigenvalue weighted by atomic mass is 10.0. The third-order valence-corrected chi connectivity index (χ3v) is 4.99. The van der Waals surface area contributed by atoms with E-state index in [2.05, 4.69) is 5.32 Å². The maximum absolute atomic E-state index is 13.2. The van der Waals surface area contributed by atoms with Gasteiger partial charge in [0.05, 0.1) is 14.2 Å². The molecule has 148 valence electrons. The second kappa shape index (κ2) is 9.16. The molecule has 0 spiro atoms. The van der Waals surface area contributed by atoms with Crippen molar-refractivity contribution in [2.75, 3.05) is 19.5 Å². The summed E-state index contributed by atoms with van der Waals surface area (Å²) < 4.78 is 23.2. The molecule has 0 atom stereocenters. The number of amides is 1. The van der Waals surface area contributed by atoms with Crippen LogP contribution in [0.15, 0.2) is 60.0 Å². The number of hydrogen-bond donors (Lipinski definition) is 1. The molecule has 5 nitrogen and oxygen atoms in total. The molecule has 1 amide bonds. The van der Waals surface area contributed by atoms with Gasteiger partial charge in [-0.2, -0.15) is 0 Å². The summed E-state index contributed by atoms with van der Waals surface area (Å²) in [6, 6.07) is 13.0. The average molecular weight is 411 g/mol. The first-order valence-electron chi connectivity index (χ1n) is 8.60. The molecule has 29 heavy (non-hydrogen) atoms. The van der Waals surface area contributed by atoms with Gasteiger partial charge in [-0.25, -0.2) is 9.18 Å². The fourth-order valence-electron chi connectivity index (χ4n) is 2.67. The number of benzene rings is 2. The van der Waals surface area contributed by atoms with E-state index in [9.17, 15) is 14.0 Å². The van der Waals surface area contributed by atoms with Crippen LogP contribution in [-0.2, 0) is 9.53 Å². The van der Waals surface area contributed by atoms with Crippen LogP contribution in [-0.4, -0.2) is 26.1 Å². The van der Waals surface area contributed by atoms with Crippen molar-refractivity contribution in [1.82, 2.24) is 0 Å². The number of halogens is 1. The zero-order valence-corrected chi connectivity index (χ0v) is 16.6. The average Bonchev–Trinajstić information content (AvgIpc) is 3.15. The smallest absolute Gasteiger partial charge is 0.341 e. The molecular weight excluding hydrogens is 393 g/mol. The largest absolute Gasteiger partial charge is 0.497 e. The van der Waals surface area contributed by atoms with Gasteiger partial charge < -0.3 is 14.8 Å². The Balaban J connectivity index is 1.84. The summed E-state index contributed by atoms with van der Waals surface area (Å²) in [6.07, 6.45) is 3.01. The van der Waals surface area contributed by atoms with Crippen molar-refractivity contribution in [3.8, 4) is 16.9 Å². The molecule has 0 saturated heterocycles. The van der Waals surface area contributed by atoms with Crippen LogP contribution >= 0.6 is 11.3 Å². The van der Waals surface area contributed by atoms with Crippen molar-refractivity contribution in [3.05, 3.63) is 76.9 Å². The SMILES string of the molecule is COC(=O)c1c(-c2ccc(F)cc2)csc1NC(=O)/C=C/c1cccc(OC)c1. The molecule has 1 heterocycles. The Morgan fingerprint density at radius 2 is 1.86 bits per heavy atom. The van der Waals surface area contributed by atoms with E-state index in [1.165, 1.54) is 36.7 Å². The number of rotatable bonds is 6. The first-order chi connectivity index (χ1) is 14.0. The van der Waals surface area contributed by atoms with Crippen molar-refractivity contribution in [2.45, 2.75) is 0 Å². The van der Waals surface area contributed by atoms with Gasteiger partial charge in [0.25, 0.3) is 0 Å². The Morgan fingerprint density at radius 1 is 1.10 bits per heavy atom. The minimum absolute atomic E-state index is 0.229. The summed E-state index contributed by atoms with van der Waals surface area (Å²) in [5, 5.41) is 4.79. The van der Waals surface area contributed by atoms with Gasteiger partial charge in [-0.1, -0.05) is 24.3 Å². The number of anilines is 1. The van der Waals surface area contributed by atoms with Crippen molar-refractivity contribution < 1.29 is 23.5 Å². The minimum atomic E-state index is -0.586. The summed E-state index contributed by atoms with van der Waals surface area (Å²) >= 11 is 1.19. The zero-order valence-electron chi connectivity index (χ0n) is 15.8. The maximum Gasteiger partial charge on any atom is 0.341 e. The number of ether oxygens (including phenoxy) is 2. The third-order valence-electron chi connectivity index (χ3n) is 4.09. The fraction of sp³-hybridized carbons (Fsp3) is 0.0909. The Bertz CT molecular complexity index is 1060. The minimum Gasteiger partial charge on any atom is -0.497 e. The molecule has 0 fully saturated rings. The normalized spacial score (nSPS) is 10.7. The lowest BCUT2D eigenvalue weighted by molar-refractivity contribution is -0.111. The molecule has 0 radical (unpaired) electrons. The fourth-order valence-corrected chi connectivity index (χ4v) is 3.63. The topological polar surface area (TPSA) is 64.6 Å². The van der Waals surface area contributed by atoms with E-state index >= 15 is 0 Å². The Morgan fingerprint density at radius 3 is 2.55 bits per heavy atom. The summed E-state index contributed by atoms with van der Waals surface area (Å²) in [7, 11) is 2.84. The molecule has 2 aromatic carbocycles. The molecule has 0 aliphatic rings. The highest BCUT2D eigenvalue weighted by Crippen LogP contribution is 2.36. The number of esters is 1. The highest BCUT2D eigenvalue weighted by Gasteiger charge is 2.22. The van der Waals surface area contributed by atoms with Crippen LogP contribution in [0.1, 0.15) is 15.9 Å². The van der Waals surface area contributed by atoms with Crippen LogP contribution < -0.4 is 10.1 Å². The van der Waals surface area contributed by atoms with Gasteiger partial charge >= 0.3 is 5.97 Å². The predicted octanol–water partition coefficient (Wildman–Crippen LogP) is 5.00. The monoisotopic (exact) mass is 411 g/mol. The van der Waals surface area contributed by atoms with E-state index in [1.54, 1.807) is 36.8 Å². The first-order valence-corrected chi connectivity index (χ1v) is 9.48. The van der Waals surface area contributed by atoms with E-state index < -0.39 is 11.9 Å². The second-order valence-corrected chi connectivity index (χ2v) is 6.83. The van der Waals surface area contributed by atoms with Crippen LogP contribution in [0.25, 0.3) is 17.2 Å². The summed E-state index contributed by atoms with van der Waals surface area (Å²) in [4.78, 5) is 24.7. The summed E-state index contributed by atoms with van der Waals surface area (Å²) in [6.45, 7) is 0. The number of thiophene rings is 1. The van der Waals surface area contributed by atoms with Gasteiger partial charge in [-0.05, 0) is 41.5 Å². The van der Waals surface area contributed by atoms with Crippen LogP contribution in [0.2, 0.25) is 0 Å². The first kappa shape index (κ1) is 20.3. The molecular formula is C22H18FNO4S.